The monoisotopic (exact) mass is 294 g/mol. The topological polar surface area (TPSA) is 93.7 Å². The molecule has 1 aromatic rings. The second-order valence-corrected chi connectivity index (χ2v) is 4.18. The van der Waals surface area contributed by atoms with Crippen LogP contribution in [0.5, 0.6) is 0 Å². The molecule has 0 saturated carbocycles. The maximum Gasteiger partial charge on any atom is 0.337 e. The Morgan fingerprint density at radius 3 is 1.95 bits per heavy atom. The molecule has 21 heavy (non-hydrogen) atoms. The summed E-state index contributed by atoms with van der Waals surface area (Å²) in [5.74, 6) is -1.44. The smallest absolute Gasteiger partial charge is 0.337 e. The van der Waals surface area contributed by atoms with Gasteiger partial charge in [-0.25, -0.2) is 9.59 Å². The highest BCUT2D eigenvalue weighted by Gasteiger charge is 2.14. The first-order valence-electron chi connectivity index (χ1n) is 6.28. The summed E-state index contributed by atoms with van der Waals surface area (Å²) in [7, 11) is 4.21. The first-order chi connectivity index (χ1) is 10.0. The lowest BCUT2D eigenvalue weighted by Crippen LogP contribution is -2.19. The van der Waals surface area contributed by atoms with Gasteiger partial charge in [0.25, 0.3) is 0 Å². The fourth-order valence-electron chi connectivity index (χ4n) is 1.63. The summed E-state index contributed by atoms with van der Waals surface area (Å²) in [6, 6.07) is 4.23. The minimum absolute atomic E-state index is 0.157. The van der Waals surface area contributed by atoms with Gasteiger partial charge in [0.2, 0.25) is 5.91 Å². The highest BCUT2D eigenvalue weighted by atomic mass is 16.5. The van der Waals surface area contributed by atoms with Crippen LogP contribution in [0.15, 0.2) is 18.2 Å². The van der Waals surface area contributed by atoms with Crippen molar-refractivity contribution in [2.24, 2.45) is 0 Å². The van der Waals surface area contributed by atoms with E-state index in [-0.39, 0.29) is 23.5 Å². The van der Waals surface area contributed by atoms with Gasteiger partial charge in [-0.3, -0.25) is 4.79 Å². The molecule has 0 aliphatic rings. The molecule has 1 amide bonds. The molecule has 2 N–H and O–H groups in total. The predicted molar refractivity (Wildman–Crippen MR) is 76.3 cm³/mol. The van der Waals surface area contributed by atoms with Crippen LogP contribution in [-0.4, -0.2) is 45.7 Å². The van der Waals surface area contributed by atoms with Gasteiger partial charge in [0.15, 0.2) is 0 Å². The van der Waals surface area contributed by atoms with Crippen LogP contribution in [0.4, 0.5) is 5.69 Å². The number of methoxy groups -OCH3 is 2. The van der Waals surface area contributed by atoms with Gasteiger partial charge < -0.3 is 20.1 Å². The minimum atomic E-state index is -0.605. The Bertz CT molecular complexity index is 508. The predicted octanol–water partition coefficient (Wildman–Crippen LogP) is 0.808. The van der Waals surface area contributed by atoms with Crippen LogP contribution in [0.2, 0.25) is 0 Å². The molecular weight excluding hydrogens is 276 g/mol. The van der Waals surface area contributed by atoms with E-state index in [0.717, 1.165) is 0 Å². The summed E-state index contributed by atoms with van der Waals surface area (Å²) in [5.41, 5.74) is 0.646. The average molecular weight is 294 g/mol. The van der Waals surface area contributed by atoms with Crippen LogP contribution in [0.3, 0.4) is 0 Å². The Balaban J connectivity index is 3.04. The first kappa shape index (κ1) is 16.6. The number of esters is 2. The van der Waals surface area contributed by atoms with Crippen LogP contribution >= 0.6 is 0 Å². The number of hydrogen-bond acceptors (Lipinski definition) is 6. The molecule has 0 unspecified atom stereocenters. The van der Waals surface area contributed by atoms with Crippen LogP contribution in [0.1, 0.15) is 27.1 Å². The number of hydrogen-bond donors (Lipinski definition) is 2. The fraction of sp³-hybridized carbons (Fsp3) is 0.357. The lowest BCUT2D eigenvalue weighted by Gasteiger charge is -2.09. The number of carbonyl (C=O) groups is 3. The van der Waals surface area contributed by atoms with Gasteiger partial charge in [-0.15, -0.1) is 0 Å². The third-order valence-electron chi connectivity index (χ3n) is 2.66. The number of anilines is 1. The maximum atomic E-state index is 11.7. The van der Waals surface area contributed by atoms with Crippen LogP contribution in [0, 0.1) is 0 Å². The molecule has 0 radical (unpaired) electrons. The molecule has 7 nitrogen and oxygen atoms in total. The van der Waals surface area contributed by atoms with Gasteiger partial charge in [-0.1, -0.05) is 0 Å². The third kappa shape index (κ3) is 4.88. The highest BCUT2D eigenvalue weighted by Crippen LogP contribution is 2.17. The number of carbonyl (C=O) groups excluding carboxylic acids is 3. The van der Waals surface area contributed by atoms with Gasteiger partial charge in [0.1, 0.15) is 0 Å². The number of amides is 1. The van der Waals surface area contributed by atoms with E-state index in [1.807, 2.05) is 0 Å². The van der Waals surface area contributed by atoms with Crippen LogP contribution in [0.25, 0.3) is 0 Å². The van der Waals surface area contributed by atoms with Crippen molar-refractivity contribution in [1.82, 2.24) is 5.32 Å². The lowest BCUT2D eigenvalue weighted by molar-refractivity contribution is -0.116. The van der Waals surface area contributed by atoms with E-state index in [9.17, 15) is 14.4 Å². The lowest BCUT2D eigenvalue weighted by atomic mass is 10.1. The van der Waals surface area contributed by atoms with Gasteiger partial charge in [-0.05, 0) is 25.2 Å². The Labute approximate surface area is 122 Å². The molecule has 0 spiro atoms. The molecule has 0 bridgehead atoms. The Morgan fingerprint density at radius 2 is 1.52 bits per heavy atom. The largest absolute Gasteiger partial charge is 0.465 e. The number of rotatable bonds is 6. The molecule has 114 valence electrons. The van der Waals surface area contributed by atoms with E-state index in [0.29, 0.717) is 12.2 Å². The highest BCUT2D eigenvalue weighted by molar-refractivity contribution is 5.99. The molecule has 0 saturated heterocycles. The molecule has 0 heterocycles. The molecular formula is C14H18N2O5. The van der Waals surface area contributed by atoms with Gasteiger partial charge >= 0.3 is 11.9 Å². The molecule has 0 fully saturated rings. The normalized spacial score (nSPS) is 9.86. The standard InChI is InChI=1S/C14H18N2O5/c1-15-5-4-12(17)16-11-7-9(13(18)20-2)6-10(8-11)14(19)21-3/h6-8,15H,4-5H2,1-3H3,(H,16,17). The zero-order chi connectivity index (χ0) is 15.8. The SMILES string of the molecule is CNCCC(=O)Nc1cc(C(=O)OC)cc(C(=O)OC)c1. The Hall–Kier alpha value is -2.41. The van der Waals surface area contributed by atoms with E-state index in [2.05, 4.69) is 20.1 Å². The third-order valence-corrected chi connectivity index (χ3v) is 2.66. The Kier molecular flexibility index (Phi) is 6.35. The molecule has 7 heteroatoms. The zero-order valence-electron chi connectivity index (χ0n) is 12.2. The quantitative estimate of drug-likeness (QED) is 0.754. The summed E-state index contributed by atoms with van der Waals surface area (Å²) in [5, 5.41) is 5.47. The second kappa shape index (κ2) is 8.01. The number of benzene rings is 1. The van der Waals surface area contributed by atoms with Crippen molar-refractivity contribution in [3.05, 3.63) is 29.3 Å². The molecule has 0 atom stereocenters. The van der Waals surface area contributed by atoms with Gasteiger partial charge in [0, 0.05) is 18.7 Å². The molecule has 0 aliphatic carbocycles. The molecule has 0 aromatic heterocycles. The maximum absolute atomic E-state index is 11.7. The van der Waals surface area contributed by atoms with Crippen LogP contribution in [-0.2, 0) is 14.3 Å². The van der Waals surface area contributed by atoms with Gasteiger partial charge in [-0.2, -0.15) is 0 Å². The van der Waals surface area contributed by atoms with Crippen molar-refractivity contribution in [3.8, 4) is 0 Å². The second-order valence-electron chi connectivity index (χ2n) is 4.18. The van der Waals surface area contributed by atoms with E-state index < -0.39 is 11.9 Å². The van der Waals surface area contributed by atoms with E-state index >= 15 is 0 Å². The van der Waals surface area contributed by atoms with Crippen molar-refractivity contribution in [2.45, 2.75) is 6.42 Å². The molecule has 1 rings (SSSR count). The summed E-state index contributed by atoms with van der Waals surface area (Å²) < 4.78 is 9.23. The Morgan fingerprint density at radius 1 is 1.00 bits per heavy atom. The van der Waals surface area contributed by atoms with Crippen LogP contribution < -0.4 is 10.6 Å². The van der Waals surface area contributed by atoms with Crippen molar-refractivity contribution in [2.75, 3.05) is 33.1 Å². The number of ether oxygens (including phenoxy) is 2. The minimum Gasteiger partial charge on any atom is -0.465 e. The van der Waals surface area contributed by atoms with E-state index in [4.69, 9.17) is 0 Å². The summed E-state index contributed by atoms with van der Waals surface area (Å²) in [6.45, 7) is 0.520. The van der Waals surface area contributed by atoms with E-state index in [1.54, 1.807) is 7.05 Å². The molecule has 0 aliphatic heterocycles. The zero-order valence-corrected chi connectivity index (χ0v) is 12.2. The first-order valence-corrected chi connectivity index (χ1v) is 6.28. The van der Waals surface area contributed by atoms with Crippen molar-refractivity contribution in [1.29, 1.82) is 0 Å². The summed E-state index contributed by atoms with van der Waals surface area (Å²) in [6.07, 6.45) is 0.270. The fourth-order valence-corrected chi connectivity index (χ4v) is 1.63. The van der Waals surface area contributed by atoms with Gasteiger partial charge in [0.05, 0.1) is 25.3 Å². The van der Waals surface area contributed by atoms with Crippen molar-refractivity contribution in [3.63, 3.8) is 0 Å². The molecule has 1 aromatic carbocycles. The summed E-state index contributed by atoms with van der Waals surface area (Å²) in [4.78, 5) is 34.9. The summed E-state index contributed by atoms with van der Waals surface area (Å²) >= 11 is 0. The van der Waals surface area contributed by atoms with E-state index in [1.165, 1.54) is 32.4 Å². The van der Waals surface area contributed by atoms with Crippen molar-refractivity contribution < 1.29 is 23.9 Å². The van der Waals surface area contributed by atoms with Crippen molar-refractivity contribution >= 4 is 23.5 Å². The average Bonchev–Trinajstić information content (AvgIpc) is 2.50. The number of nitrogens with one attached hydrogen (secondary N) is 2.